The lowest BCUT2D eigenvalue weighted by Gasteiger charge is -2.01. The lowest BCUT2D eigenvalue weighted by molar-refractivity contribution is 1.02. The molecular weight excluding hydrogens is 380 g/mol. The monoisotopic (exact) mass is 412 g/mol. The van der Waals surface area contributed by atoms with Gasteiger partial charge in [-0.25, -0.2) is 4.99 Å². The second-order valence-corrected chi connectivity index (χ2v) is 8.89. The summed E-state index contributed by atoms with van der Waals surface area (Å²) in [7, 11) is 0. The quantitative estimate of drug-likeness (QED) is 0.568. The maximum atomic E-state index is 4.95. The summed E-state index contributed by atoms with van der Waals surface area (Å²) in [6, 6.07) is 0. The van der Waals surface area contributed by atoms with Crippen molar-refractivity contribution in [2.24, 2.45) is 9.98 Å². The van der Waals surface area contributed by atoms with Crippen LogP contribution in [0, 0.1) is 27.7 Å². The van der Waals surface area contributed by atoms with Gasteiger partial charge in [-0.1, -0.05) is 0 Å². The summed E-state index contributed by atoms with van der Waals surface area (Å²) < 4.78 is 0. The fourth-order valence-corrected chi connectivity index (χ4v) is 4.05. The van der Waals surface area contributed by atoms with Crippen molar-refractivity contribution < 1.29 is 0 Å². The van der Waals surface area contributed by atoms with Crippen LogP contribution < -0.4 is 0 Å². The van der Waals surface area contributed by atoms with Crippen molar-refractivity contribution in [3.05, 3.63) is 85.3 Å². The first-order valence-electron chi connectivity index (χ1n) is 10.9. The Bertz CT molecular complexity index is 1260. The molecule has 0 saturated carbocycles. The van der Waals surface area contributed by atoms with Crippen LogP contribution in [0.1, 0.15) is 67.0 Å². The molecule has 0 radical (unpaired) electrons. The van der Waals surface area contributed by atoms with E-state index in [0.717, 1.165) is 29.2 Å². The number of aryl methyl sites for hydroxylation is 1. The van der Waals surface area contributed by atoms with Crippen molar-refractivity contribution in [3.8, 4) is 0 Å². The number of allylic oxidation sites excluding steroid dienone is 5. The summed E-state index contributed by atoms with van der Waals surface area (Å²) >= 11 is 0. The average Bonchev–Trinajstić information content (AvgIpc) is 3.40. The van der Waals surface area contributed by atoms with Gasteiger partial charge >= 0.3 is 0 Å². The highest BCUT2D eigenvalue weighted by atomic mass is 14.8. The van der Waals surface area contributed by atoms with E-state index < -0.39 is 0 Å². The largest absolute Gasteiger partial charge is 0.364 e. The Kier molecular flexibility index (Phi) is 5.34. The normalized spacial score (nSPS) is 19.0. The minimum atomic E-state index is 0.882. The van der Waals surface area contributed by atoms with Gasteiger partial charge in [0, 0.05) is 35.9 Å². The lowest BCUT2D eigenvalue weighted by atomic mass is 10.0. The van der Waals surface area contributed by atoms with E-state index in [0.29, 0.717) is 0 Å². The number of aliphatic imine (C=N–C) groups is 2. The van der Waals surface area contributed by atoms with Crippen molar-refractivity contribution in [1.82, 2.24) is 9.97 Å². The van der Waals surface area contributed by atoms with E-state index in [9.17, 15) is 0 Å². The molecule has 0 saturated heterocycles. The first-order chi connectivity index (χ1) is 14.7. The summed E-state index contributed by atoms with van der Waals surface area (Å²) in [4.78, 5) is 16.6. The van der Waals surface area contributed by atoms with Crippen molar-refractivity contribution in [1.29, 1.82) is 0 Å². The van der Waals surface area contributed by atoms with Crippen LogP contribution in [0.25, 0.3) is 6.08 Å². The maximum Gasteiger partial charge on any atom is 0.0691 e. The zero-order chi connectivity index (χ0) is 22.4. The molecule has 0 fully saturated rings. The Hall–Kier alpha value is -3.14. The number of aromatic nitrogens is 2. The number of hydrogen-bond donors (Lipinski definition) is 2. The summed E-state index contributed by atoms with van der Waals surface area (Å²) in [5.74, 6) is 0. The molecule has 0 atom stereocenters. The summed E-state index contributed by atoms with van der Waals surface area (Å²) in [5.41, 5.74) is 16.8. The Labute approximate surface area is 185 Å². The number of aromatic amines is 2. The van der Waals surface area contributed by atoms with Gasteiger partial charge in [0.15, 0.2) is 0 Å². The van der Waals surface area contributed by atoms with Crippen molar-refractivity contribution in [2.45, 2.75) is 61.8 Å². The molecule has 0 aromatic carbocycles. The van der Waals surface area contributed by atoms with Crippen LogP contribution in [0.5, 0.6) is 0 Å². The van der Waals surface area contributed by atoms with Gasteiger partial charge in [0.2, 0.25) is 0 Å². The zero-order valence-electron chi connectivity index (χ0n) is 19.9. The lowest BCUT2D eigenvalue weighted by Crippen LogP contribution is -1.94. The van der Waals surface area contributed by atoms with Gasteiger partial charge in [0.05, 0.1) is 17.1 Å². The van der Waals surface area contributed by atoms with Gasteiger partial charge in [-0.3, -0.25) is 4.99 Å². The molecule has 0 spiro atoms. The molecule has 0 aliphatic carbocycles. The topological polar surface area (TPSA) is 56.3 Å². The van der Waals surface area contributed by atoms with E-state index in [4.69, 9.17) is 4.99 Å². The SMILES string of the molecule is CC1=C(C)/C(=C/C2=NC(=Cc3[nH]c(Cc4[nH]cc(C)c4C)c(C)c3C)C(C)=C2C)N=C1. The van der Waals surface area contributed by atoms with Crippen molar-refractivity contribution in [2.75, 3.05) is 0 Å². The third-order valence-corrected chi connectivity index (χ3v) is 7.06. The van der Waals surface area contributed by atoms with E-state index in [2.05, 4.69) is 88.7 Å². The van der Waals surface area contributed by atoms with Crippen molar-refractivity contribution in [3.63, 3.8) is 0 Å². The fraction of sp³-hybridized carbons (Fsp3) is 0.333. The molecule has 2 N–H and O–H groups in total. The number of hydrogen-bond acceptors (Lipinski definition) is 2. The van der Waals surface area contributed by atoms with Crippen LogP contribution in [0.4, 0.5) is 0 Å². The van der Waals surface area contributed by atoms with Gasteiger partial charge in [0.1, 0.15) is 0 Å². The minimum absolute atomic E-state index is 0.882. The molecular formula is C27H32N4. The molecule has 4 heterocycles. The Balaban J connectivity index is 1.67. The van der Waals surface area contributed by atoms with Gasteiger partial charge in [-0.05, 0) is 112 Å². The highest BCUT2D eigenvalue weighted by molar-refractivity contribution is 6.13. The molecule has 0 amide bonds. The average molecular weight is 413 g/mol. The molecule has 2 aromatic rings. The standard InChI is InChI=1S/C27H32N4/c1-14-12-28-22(16(14)3)9-24-18(5)20(7)26(30-24)11-27-21(8)19(6)25(31-27)10-23-17(4)15(2)13-29-23/h9,11-13,29,31H,10H2,1-8H3/b22-9-,26-11?. The second-order valence-electron chi connectivity index (χ2n) is 8.89. The molecule has 2 aliphatic rings. The predicted octanol–water partition coefficient (Wildman–Crippen LogP) is 6.60. The molecule has 0 unspecified atom stereocenters. The van der Waals surface area contributed by atoms with E-state index >= 15 is 0 Å². The highest BCUT2D eigenvalue weighted by Crippen LogP contribution is 2.31. The Morgan fingerprint density at radius 1 is 0.774 bits per heavy atom. The van der Waals surface area contributed by atoms with Crippen LogP contribution in [-0.2, 0) is 6.42 Å². The fourth-order valence-electron chi connectivity index (χ4n) is 4.05. The molecule has 2 aliphatic heterocycles. The van der Waals surface area contributed by atoms with Gasteiger partial charge < -0.3 is 9.97 Å². The minimum Gasteiger partial charge on any atom is -0.364 e. The molecule has 4 rings (SSSR count). The van der Waals surface area contributed by atoms with Crippen LogP contribution in [-0.4, -0.2) is 21.9 Å². The van der Waals surface area contributed by atoms with Crippen LogP contribution in [0.15, 0.2) is 55.9 Å². The maximum absolute atomic E-state index is 4.95. The number of rotatable bonds is 4. The van der Waals surface area contributed by atoms with Crippen molar-refractivity contribution >= 4 is 18.0 Å². The first kappa shape index (κ1) is 21.1. The van der Waals surface area contributed by atoms with E-state index in [-0.39, 0.29) is 0 Å². The second kappa shape index (κ2) is 7.84. The highest BCUT2D eigenvalue weighted by Gasteiger charge is 2.19. The molecule has 31 heavy (non-hydrogen) atoms. The van der Waals surface area contributed by atoms with Gasteiger partial charge in [0.25, 0.3) is 0 Å². The third kappa shape index (κ3) is 3.71. The number of nitrogens with zero attached hydrogens (tertiary/aromatic N) is 2. The van der Waals surface area contributed by atoms with E-state index in [1.165, 1.54) is 55.9 Å². The Morgan fingerprint density at radius 3 is 2.13 bits per heavy atom. The summed E-state index contributed by atoms with van der Waals surface area (Å²) in [5, 5.41) is 0. The van der Waals surface area contributed by atoms with E-state index in [1.54, 1.807) is 0 Å². The first-order valence-corrected chi connectivity index (χ1v) is 10.9. The summed E-state index contributed by atoms with van der Waals surface area (Å²) in [6.45, 7) is 17.2. The number of H-pyrrole nitrogens is 2. The van der Waals surface area contributed by atoms with Crippen LogP contribution >= 0.6 is 0 Å². The predicted molar refractivity (Wildman–Crippen MR) is 132 cm³/mol. The molecule has 0 bridgehead atoms. The summed E-state index contributed by atoms with van der Waals surface area (Å²) in [6.07, 6.45) is 9.20. The van der Waals surface area contributed by atoms with Crippen LogP contribution in [0.2, 0.25) is 0 Å². The van der Waals surface area contributed by atoms with E-state index in [1.807, 2.05) is 6.21 Å². The zero-order valence-corrected chi connectivity index (χ0v) is 19.9. The molecule has 4 nitrogen and oxygen atoms in total. The van der Waals surface area contributed by atoms with Gasteiger partial charge in [-0.15, -0.1) is 0 Å². The van der Waals surface area contributed by atoms with Gasteiger partial charge in [-0.2, -0.15) is 0 Å². The Morgan fingerprint density at radius 2 is 1.52 bits per heavy atom. The number of nitrogens with one attached hydrogen (secondary N) is 2. The smallest absolute Gasteiger partial charge is 0.0691 e. The third-order valence-electron chi connectivity index (χ3n) is 7.06. The molecule has 4 heteroatoms. The molecule has 160 valence electrons. The van der Waals surface area contributed by atoms with Crippen LogP contribution in [0.3, 0.4) is 0 Å². The molecule has 2 aromatic heterocycles.